The van der Waals surface area contributed by atoms with Crippen LogP contribution in [0, 0.1) is 0 Å². The molecule has 2 aliphatic rings. The van der Waals surface area contributed by atoms with Crippen LogP contribution in [0.1, 0.15) is 82.7 Å². The van der Waals surface area contributed by atoms with Gasteiger partial charge >= 0.3 is 0 Å². The molecule has 1 aromatic carbocycles. The lowest BCUT2D eigenvalue weighted by Crippen LogP contribution is -2.38. The number of carbonyl (C=O) groups is 1. The zero-order chi connectivity index (χ0) is 18.2. The van der Waals surface area contributed by atoms with Crippen LogP contribution in [0.4, 0.5) is 0 Å². The van der Waals surface area contributed by atoms with E-state index in [4.69, 9.17) is 5.10 Å². The van der Waals surface area contributed by atoms with Gasteiger partial charge in [0.05, 0.1) is 6.04 Å². The summed E-state index contributed by atoms with van der Waals surface area (Å²) in [5, 5.41) is 10.2. The van der Waals surface area contributed by atoms with E-state index in [1.165, 1.54) is 44.1 Å². The van der Waals surface area contributed by atoms with Crippen LogP contribution in [-0.4, -0.2) is 29.2 Å². The SMILES string of the molecule is CCCCCN1N=C(C(=O)NC2CCCCCC2)CC1c1ccccc1. The number of benzene rings is 1. The third-order valence-electron chi connectivity index (χ3n) is 5.62. The molecular formula is C22H33N3O. The number of hydrogen-bond acceptors (Lipinski definition) is 3. The van der Waals surface area contributed by atoms with Gasteiger partial charge in [-0.05, 0) is 24.8 Å². The number of rotatable bonds is 7. The zero-order valence-electron chi connectivity index (χ0n) is 16.1. The van der Waals surface area contributed by atoms with Gasteiger partial charge in [0.15, 0.2) is 0 Å². The van der Waals surface area contributed by atoms with Gasteiger partial charge in [0, 0.05) is 19.0 Å². The molecule has 4 nitrogen and oxygen atoms in total. The topological polar surface area (TPSA) is 44.7 Å². The number of hydrazone groups is 1. The van der Waals surface area contributed by atoms with Crippen molar-refractivity contribution in [2.75, 3.05) is 6.54 Å². The molecule has 4 heteroatoms. The van der Waals surface area contributed by atoms with Crippen LogP contribution >= 0.6 is 0 Å². The molecule has 1 atom stereocenters. The largest absolute Gasteiger partial charge is 0.348 e. The van der Waals surface area contributed by atoms with Crippen LogP contribution in [0.5, 0.6) is 0 Å². The second-order valence-electron chi connectivity index (χ2n) is 7.71. The molecule has 0 radical (unpaired) electrons. The molecule has 3 rings (SSSR count). The summed E-state index contributed by atoms with van der Waals surface area (Å²) < 4.78 is 0. The van der Waals surface area contributed by atoms with Crippen molar-refractivity contribution in [3.63, 3.8) is 0 Å². The molecule has 0 bridgehead atoms. The Hall–Kier alpha value is -1.84. The Morgan fingerprint density at radius 1 is 1.12 bits per heavy atom. The number of carbonyl (C=O) groups excluding carboxylic acids is 1. The molecule has 1 amide bonds. The number of hydrogen-bond donors (Lipinski definition) is 1. The predicted octanol–water partition coefficient (Wildman–Crippen LogP) is 4.82. The standard InChI is InChI=1S/C22H33N3O/c1-2-3-11-16-25-21(18-12-7-6-8-13-18)17-20(24-25)22(26)23-19-14-9-4-5-10-15-19/h6-8,12-13,19,21H,2-5,9-11,14-17H2,1H3,(H,23,26). The lowest BCUT2D eigenvalue weighted by Gasteiger charge is -2.23. The van der Waals surface area contributed by atoms with Crippen molar-refractivity contribution in [1.82, 2.24) is 10.3 Å². The first-order chi connectivity index (χ1) is 12.8. The van der Waals surface area contributed by atoms with Crippen molar-refractivity contribution >= 4 is 11.6 Å². The van der Waals surface area contributed by atoms with Crippen LogP contribution in [0.15, 0.2) is 35.4 Å². The third kappa shape index (κ3) is 5.09. The Kier molecular flexibility index (Phi) is 7.10. The van der Waals surface area contributed by atoms with Gasteiger partial charge in [0.25, 0.3) is 5.91 Å². The van der Waals surface area contributed by atoms with E-state index in [1.54, 1.807) is 0 Å². The van der Waals surface area contributed by atoms with E-state index in [9.17, 15) is 4.79 Å². The maximum absolute atomic E-state index is 12.8. The van der Waals surface area contributed by atoms with Crippen molar-refractivity contribution in [2.24, 2.45) is 5.10 Å². The van der Waals surface area contributed by atoms with Gasteiger partial charge < -0.3 is 5.32 Å². The van der Waals surface area contributed by atoms with Gasteiger partial charge in [-0.15, -0.1) is 0 Å². The Bertz CT molecular complexity index is 591. The summed E-state index contributed by atoms with van der Waals surface area (Å²) in [6, 6.07) is 11.0. The molecule has 1 aromatic rings. The van der Waals surface area contributed by atoms with E-state index in [1.807, 2.05) is 6.07 Å². The Balaban J connectivity index is 1.65. The first kappa shape index (κ1) is 18.9. The number of nitrogens with one attached hydrogen (secondary N) is 1. The highest BCUT2D eigenvalue weighted by molar-refractivity contribution is 6.39. The lowest BCUT2D eigenvalue weighted by atomic mass is 10.0. The molecule has 1 N–H and O–H groups in total. The van der Waals surface area contributed by atoms with Crippen LogP contribution in [0.25, 0.3) is 0 Å². The minimum absolute atomic E-state index is 0.0517. The summed E-state index contributed by atoms with van der Waals surface area (Å²) in [6.07, 6.45) is 11.5. The van der Waals surface area contributed by atoms with E-state index >= 15 is 0 Å². The van der Waals surface area contributed by atoms with Crippen LogP contribution in [-0.2, 0) is 4.79 Å². The van der Waals surface area contributed by atoms with Gasteiger partial charge in [0.2, 0.25) is 0 Å². The third-order valence-corrected chi connectivity index (χ3v) is 5.62. The van der Waals surface area contributed by atoms with Crippen LogP contribution in [0.3, 0.4) is 0 Å². The Labute approximate surface area is 158 Å². The van der Waals surface area contributed by atoms with E-state index in [2.05, 4.69) is 41.5 Å². The highest BCUT2D eigenvalue weighted by Crippen LogP contribution is 2.31. The van der Waals surface area contributed by atoms with Crippen molar-refractivity contribution in [3.05, 3.63) is 35.9 Å². The highest BCUT2D eigenvalue weighted by atomic mass is 16.2. The van der Waals surface area contributed by atoms with Crippen molar-refractivity contribution in [2.45, 2.75) is 83.2 Å². The molecule has 0 spiro atoms. The van der Waals surface area contributed by atoms with Crippen LogP contribution in [0.2, 0.25) is 0 Å². The summed E-state index contributed by atoms with van der Waals surface area (Å²) in [5.41, 5.74) is 1.96. The molecular weight excluding hydrogens is 322 g/mol. The predicted molar refractivity (Wildman–Crippen MR) is 107 cm³/mol. The van der Waals surface area contributed by atoms with E-state index in [0.29, 0.717) is 18.2 Å². The molecule has 142 valence electrons. The smallest absolute Gasteiger partial charge is 0.267 e. The summed E-state index contributed by atoms with van der Waals surface area (Å²) >= 11 is 0. The number of unbranched alkanes of at least 4 members (excludes halogenated alkanes) is 2. The second-order valence-corrected chi connectivity index (χ2v) is 7.71. The first-order valence-electron chi connectivity index (χ1n) is 10.5. The molecule has 26 heavy (non-hydrogen) atoms. The minimum Gasteiger partial charge on any atom is -0.348 e. The second kappa shape index (κ2) is 9.75. The highest BCUT2D eigenvalue weighted by Gasteiger charge is 2.31. The minimum atomic E-state index is 0.0517. The average molecular weight is 356 g/mol. The Morgan fingerprint density at radius 3 is 2.54 bits per heavy atom. The molecule has 0 aromatic heterocycles. The fraction of sp³-hybridized carbons (Fsp3) is 0.636. The maximum Gasteiger partial charge on any atom is 0.267 e. The quantitative estimate of drug-likeness (QED) is 0.563. The van der Waals surface area contributed by atoms with E-state index < -0.39 is 0 Å². The molecule has 1 aliphatic carbocycles. The number of amides is 1. The first-order valence-corrected chi connectivity index (χ1v) is 10.5. The average Bonchev–Trinajstić information content (AvgIpc) is 2.93. The van der Waals surface area contributed by atoms with E-state index in [-0.39, 0.29) is 11.9 Å². The molecule has 1 heterocycles. The van der Waals surface area contributed by atoms with Gasteiger partial charge in [0.1, 0.15) is 5.71 Å². The summed E-state index contributed by atoms with van der Waals surface area (Å²) in [7, 11) is 0. The normalized spacial score (nSPS) is 21.3. The van der Waals surface area contributed by atoms with Gasteiger partial charge in [-0.25, -0.2) is 0 Å². The molecule has 1 fully saturated rings. The van der Waals surface area contributed by atoms with Crippen molar-refractivity contribution in [1.29, 1.82) is 0 Å². The lowest BCUT2D eigenvalue weighted by molar-refractivity contribution is -0.115. The number of nitrogens with zero attached hydrogens (tertiary/aromatic N) is 2. The summed E-state index contributed by atoms with van der Waals surface area (Å²) in [5.74, 6) is 0.0517. The molecule has 1 unspecified atom stereocenters. The van der Waals surface area contributed by atoms with Crippen LogP contribution < -0.4 is 5.32 Å². The molecule has 1 saturated carbocycles. The van der Waals surface area contributed by atoms with Gasteiger partial charge in [-0.1, -0.05) is 75.8 Å². The maximum atomic E-state index is 12.8. The van der Waals surface area contributed by atoms with Gasteiger partial charge in [-0.3, -0.25) is 9.80 Å². The van der Waals surface area contributed by atoms with Crippen molar-refractivity contribution in [3.8, 4) is 0 Å². The zero-order valence-corrected chi connectivity index (χ0v) is 16.1. The fourth-order valence-corrected chi connectivity index (χ4v) is 4.08. The molecule has 1 aliphatic heterocycles. The Morgan fingerprint density at radius 2 is 1.85 bits per heavy atom. The molecule has 0 saturated heterocycles. The summed E-state index contributed by atoms with van der Waals surface area (Å²) in [6.45, 7) is 3.14. The summed E-state index contributed by atoms with van der Waals surface area (Å²) in [4.78, 5) is 12.8. The fourth-order valence-electron chi connectivity index (χ4n) is 4.08. The van der Waals surface area contributed by atoms with Gasteiger partial charge in [-0.2, -0.15) is 5.10 Å². The van der Waals surface area contributed by atoms with Crippen molar-refractivity contribution < 1.29 is 4.79 Å². The van der Waals surface area contributed by atoms with E-state index in [0.717, 1.165) is 25.8 Å². The monoisotopic (exact) mass is 355 g/mol.